The minimum absolute atomic E-state index is 0.134. The van der Waals surface area contributed by atoms with Crippen molar-refractivity contribution >= 4 is 33.3 Å². The first kappa shape index (κ1) is 17.8. The Bertz CT molecular complexity index is 1050. The Morgan fingerprint density at radius 2 is 1.92 bits per heavy atom. The van der Waals surface area contributed by atoms with Crippen molar-refractivity contribution in [1.29, 1.82) is 0 Å². The second-order valence-corrected chi connectivity index (χ2v) is 7.37. The van der Waals surface area contributed by atoms with Crippen LogP contribution in [0.1, 0.15) is 5.56 Å². The molecule has 0 aliphatic heterocycles. The molecule has 3 aromatic rings. The zero-order valence-electron chi connectivity index (χ0n) is 13.1. The summed E-state index contributed by atoms with van der Waals surface area (Å²) >= 11 is 5.83. The van der Waals surface area contributed by atoms with Crippen molar-refractivity contribution in [2.24, 2.45) is 0 Å². The lowest BCUT2D eigenvalue weighted by atomic mass is 10.2. The maximum atomic E-state index is 12.3. The zero-order valence-corrected chi connectivity index (χ0v) is 14.7. The van der Waals surface area contributed by atoms with Crippen molar-refractivity contribution < 1.29 is 13.3 Å². The molecular weight excluding hydrogens is 382 g/mol. The Morgan fingerprint density at radius 1 is 1.19 bits per heavy atom. The third kappa shape index (κ3) is 4.16. The maximum Gasteiger partial charge on any atom is 0.270 e. The molecule has 0 aliphatic carbocycles. The standard InChI is InChI=1S/C15H12ClN5O4S/c16-12-6-4-11(5-7-12)9-20-10-17-15(18-20)19-26(24,25)14-3-1-2-13(8-14)21(22)23/h1-8,10H,9H2,(H,18,19). The van der Waals surface area contributed by atoms with Crippen LogP contribution in [-0.2, 0) is 16.6 Å². The Hall–Kier alpha value is -2.98. The molecule has 0 saturated carbocycles. The normalized spacial score (nSPS) is 11.3. The van der Waals surface area contributed by atoms with Crippen molar-refractivity contribution in [2.45, 2.75) is 11.4 Å². The summed E-state index contributed by atoms with van der Waals surface area (Å²) in [4.78, 5) is 13.8. The summed E-state index contributed by atoms with van der Waals surface area (Å²) in [6.45, 7) is 0.378. The Morgan fingerprint density at radius 3 is 2.62 bits per heavy atom. The van der Waals surface area contributed by atoms with Crippen molar-refractivity contribution in [2.75, 3.05) is 4.72 Å². The van der Waals surface area contributed by atoms with Gasteiger partial charge >= 0.3 is 0 Å². The van der Waals surface area contributed by atoms with Gasteiger partial charge in [0.15, 0.2) is 0 Å². The first-order valence-corrected chi connectivity index (χ1v) is 9.11. The molecule has 26 heavy (non-hydrogen) atoms. The van der Waals surface area contributed by atoms with Gasteiger partial charge in [-0.15, -0.1) is 5.10 Å². The zero-order chi connectivity index (χ0) is 18.7. The molecule has 0 bridgehead atoms. The van der Waals surface area contributed by atoms with E-state index in [0.717, 1.165) is 11.6 Å². The molecule has 0 amide bonds. The maximum absolute atomic E-state index is 12.3. The summed E-state index contributed by atoms with van der Waals surface area (Å²) in [7, 11) is -4.04. The second kappa shape index (κ2) is 7.10. The molecule has 0 spiro atoms. The number of nitro benzene ring substituents is 1. The van der Waals surface area contributed by atoms with Crippen LogP contribution in [0.3, 0.4) is 0 Å². The van der Waals surface area contributed by atoms with E-state index in [1.807, 2.05) is 12.1 Å². The number of anilines is 1. The van der Waals surface area contributed by atoms with E-state index < -0.39 is 14.9 Å². The molecule has 1 N–H and O–H groups in total. The van der Waals surface area contributed by atoms with Gasteiger partial charge in [0.05, 0.1) is 16.4 Å². The smallest absolute Gasteiger partial charge is 0.258 e. The van der Waals surface area contributed by atoms with E-state index in [-0.39, 0.29) is 16.5 Å². The molecular formula is C15H12ClN5O4S. The number of rotatable bonds is 6. The van der Waals surface area contributed by atoms with E-state index in [9.17, 15) is 18.5 Å². The van der Waals surface area contributed by atoms with Crippen molar-refractivity contribution in [3.8, 4) is 0 Å². The Balaban J connectivity index is 1.76. The number of benzene rings is 2. The number of non-ortho nitro benzene ring substituents is 1. The third-order valence-electron chi connectivity index (χ3n) is 3.36. The highest BCUT2D eigenvalue weighted by atomic mass is 35.5. The molecule has 1 heterocycles. The van der Waals surface area contributed by atoms with Crippen LogP contribution in [0.25, 0.3) is 0 Å². The van der Waals surface area contributed by atoms with E-state index in [1.54, 1.807) is 12.1 Å². The minimum atomic E-state index is -4.04. The Kier molecular flexibility index (Phi) is 4.87. The van der Waals surface area contributed by atoms with Crippen molar-refractivity contribution in [3.63, 3.8) is 0 Å². The summed E-state index contributed by atoms with van der Waals surface area (Å²) in [5.41, 5.74) is 0.585. The van der Waals surface area contributed by atoms with Gasteiger partial charge in [-0.2, -0.15) is 4.98 Å². The van der Waals surface area contributed by atoms with Gasteiger partial charge in [0.25, 0.3) is 21.7 Å². The van der Waals surface area contributed by atoms with Gasteiger partial charge in [0.1, 0.15) is 6.33 Å². The van der Waals surface area contributed by atoms with Gasteiger partial charge in [0, 0.05) is 17.2 Å². The van der Waals surface area contributed by atoms with E-state index in [2.05, 4.69) is 14.8 Å². The third-order valence-corrected chi connectivity index (χ3v) is 4.94. The molecule has 3 rings (SSSR count). The van der Waals surface area contributed by atoms with Crippen LogP contribution < -0.4 is 4.72 Å². The average molecular weight is 394 g/mol. The molecule has 0 aliphatic rings. The minimum Gasteiger partial charge on any atom is -0.258 e. The molecule has 11 heteroatoms. The van der Waals surface area contributed by atoms with Gasteiger partial charge in [-0.25, -0.2) is 17.8 Å². The monoisotopic (exact) mass is 393 g/mol. The number of nitrogens with zero attached hydrogens (tertiary/aromatic N) is 4. The molecule has 0 fully saturated rings. The number of hydrogen-bond donors (Lipinski definition) is 1. The van der Waals surface area contributed by atoms with Gasteiger partial charge in [-0.05, 0) is 23.8 Å². The fourth-order valence-electron chi connectivity index (χ4n) is 2.14. The lowest BCUT2D eigenvalue weighted by molar-refractivity contribution is -0.385. The first-order chi connectivity index (χ1) is 12.3. The topological polar surface area (TPSA) is 120 Å². The van der Waals surface area contributed by atoms with Crippen LogP contribution in [0, 0.1) is 10.1 Å². The van der Waals surface area contributed by atoms with Crippen LogP contribution in [-0.4, -0.2) is 28.1 Å². The summed E-state index contributed by atoms with van der Waals surface area (Å²) in [6.07, 6.45) is 1.37. The summed E-state index contributed by atoms with van der Waals surface area (Å²) < 4.78 is 28.3. The van der Waals surface area contributed by atoms with Crippen LogP contribution in [0.2, 0.25) is 5.02 Å². The van der Waals surface area contributed by atoms with Gasteiger partial charge < -0.3 is 0 Å². The number of nitro groups is 1. The SMILES string of the molecule is O=[N+]([O-])c1cccc(S(=O)(=O)Nc2ncn(Cc3ccc(Cl)cc3)n2)c1. The number of aromatic nitrogens is 3. The first-order valence-electron chi connectivity index (χ1n) is 7.25. The van der Waals surface area contributed by atoms with Crippen molar-refractivity contribution in [1.82, 2.24) is 14.8 Å². The predicted molar refractivity (Wildman–Crippen MR) is 94.5 cm³/mol. The highest BCUT2D eigenvalue weighted by Crippen LogP contribution is 2.19. The van der Waals surface area contributed by atoms with E-state index >= 15 is 0 Å². The highest BCUT2D eigenvalue weighted by Gasteiger charge is 2.19. The fraction of sp³-hybridized carbons (Fsp3) is 0.0667. The molecule has 134 valence electrons. The molecule has 2 aromatic carbocycles. The number of nitrogens with one attached hydrogen (secondary N) is 1. The van der Waals surface area contributed by atoms with E-state index in [1.165, 1.54) is 29.2 Å². The van der Waals surface area contributed by atoms with Crippen LogP contribution in [0.15, 0.2) is 59.8 Å². The number of hydrogen-bond acceptors (Lipinski definition) is 6. The van der Waals surface area contributed by atoms with Crippen molar-refractivity contribution in [3.05, 3.63) is 75.6 Å². The molecule has 9 nitrogen and oxygen atoms in total. The quantitative estimate of drug-likeness (QED) is 0.507. The van der Waals surface area contributed by atoms with E-state index in [4.69, 9.17) is 11.6 Å². The largest absolute Gasteiger partial charge is 0.270 e. The van der Waals surface area contributed by atoms with E-state index in [0.29, 0.717) is 11.6 Å². The van der Waals surface area contributed by atoms with Crippen LogP contribution in [0.4, 0.5) is 11.6 Å². The molecule has 1 aromatic heterocycles. The highest BCUT2D eigenvalue weighted by molar-refractivity contribution is 7.92. The summed E-state index contributed by atoms with van der Waals surface area (Å²) in [6, 6.07) is 11.8. The van der Waals surface area contributed by atoms with Gasteiger partial charge in [0.2, 0.25) is 0 Å². The lowest BCUT2D eigenvalue weighted by Gasteiger charge is -2.04. The number of halogens is 1. The second-order valence-electron chi connectivity index (χ2n) is 5.25. The molecule has 0 saturated heterocycles. The lowest BCUT2D eigenvalue weighted by Crippen LogP contribution is -2.14. The van der Waals surface area contributed by atoms with Gasteiger partial charge in [-0.1, -0.05) is 29.8 Å². The molecule has 0 radical (unpaired) electrons. The molecule has 0 unspecified atom stereocenters. The Labute approximate surface area is 153 Å². The number of sulfonamides is 1. The summed E-state index contributed by atoms with van der Waals surface area (Å²) in [5, 5.41) is 15.4. The average Bonchev–Trinajstić information content (AvgIpc) is 3.03. The fourth-order valence-corrected chi connectivity index (χ4v) is 3.25. The van der Waals surface area contributed by atoms with Crippen LogP contribution >= 0.6 is 11.6 Å². The van der Waals surface area contributed by atoms with Crippen LogP contribution in [0.5, 0.6) is 0 Å². The molecule has 0 atom stereocenters. The summed E-state index contributed by atoms with van der Waals surface area (Å²) in [5.74, 6) is -0.134. The van der Waals surface area contributed by atoms with Gasteiger partial charge in [-0.3, -0.25) is 10.1 Å². The predicted octanol–water partition coefficient (Wildman–Crippen LogP) is 2.69.